The Bertz CT molecular complexity index is 971. The Morgan fingerprint density at radius 2 is 2.00 bits per heavy atom. The van der Waals surface area contributed by atoms with Crippen molar-refractivity contribution in [2.75, 3.05) is 24.3 Å². The van der Waals surface area contributed by atoms with Gasteiger partial charge >= 0.3 is 0 Å². The summed E-state index contributed by atoms with van der Waals surface area (Å²) < 4.78 is 6.24. The minimum Gasteiger partial charge on any atom is -0.494 e. The molecule has 0 radical (unpaired) electrons. The van der Waals surface area contributed by atoms with Crippen LogP contribution < -0.4 is 21.1 Å². The molecule has 1 atom stereocenters. The molecule has 0 bridgehead atoms. The van der Waals surface area contributed by atoms with Gasteiger partial charge in [-0.2, -0.15) is 0 Å². The van der Waals surface area contributed by atoms with E-state index in [4.69, 9.17) is 10.5 Å². The van der Waals surface area contributed by atoms with Crippen molar-refractivity contribution in [2.24, 2.45) is 5.73 Å². The number of aliphatic hydroxyl groups is 1. The molecule has 9 heteroatoms. The number of aromatic nitrogens is 1. The van der Waals surface area contributed by atoms with Crippen LogP contribution in [-0.2, 0) is 9.59 Å². The van der Waals surface area contributed by atoms with Gasteiger partial charge in [0, 0.05) is 5.69 Å². The van der Waals surface area contributed by atoms with Crippen LogP contribution in [0.2, 0.25) is 0 Å². The van der Waals surface area contributed by atoms with Crippen molar-refractivity contribution in [1.29, 1.82) is 0 Å². The molecule has 0 saturated carbocycles. The first kappa shape index (κ1) is 18.6. The van der Waals surface area contributed by atoms with Gasteiger partial charge in [0.05, 0.1) is 18.4 Å². The van der Waals surface area contributed by atoms with Crippen LogP contribution in [0.25, 0.3) is 10.2 Å². The zero-order valence-electron chi connectivity index (χ0n) is 14.4. The number of ether oxygens (including phenoxy) is 1. The number of nitrogens with zero attached hydrogens (tertiary/aromatic N) is 1. The maximum atomic E-state index is 12.1. The topological polar surface area (TPSA) is 127 Å². The second kappa shape index (κ2) is 8.02. The highest BCUT2D eigenvalue weighted by Crippen LogP contribution is 2.31. The number of nitrogens with one attached hydrogen (secondary N) is 2. The van der Waals surface area contributed by atoms with Crippen molar-refractivity contribution >= 4 is 44.2 Å². The zero-order chi connectivity index (χ0) is 19.4. The van der Waals surface area contributed by atoms with E-state index in [-0.39, 0.29) is 12.5 Å². The summed E-state index contributed by atoms with van der Waals surface area (Å²) in [4.78, 5) is 27.5. The standard InChI is InChI=1S/C18H18N4O4S/c1-26-12-3-2-4-13-15(12)22-18(27-13)20-9-14(23)21-11-7-5-10(6-8-11)16(24)17(19)25/h2-8,16,24H,9H2,1H3,(H2,19,25)(H,20,22)(H,21,23). The maximum absolute atomic E-state index is 12.1. The Balaban J connectivity index is 1.59. The van der Waals surface area contributed by atoms with Crippen LogP contribution in [0.1, 0.15) is 11.7 Å². The summed E-state index contributed by atoms with van der Waals surface area (Å²) in [5.74, 6) is -0.410. The first-order valence-electron chi connectivity index (χ1n) is 8.02. The first-order valence-corrected chi connectivity index (χ1v) is 8.84. The molecular weight excluding hydrogens is 368 g/mol. The Morgan fingerprint density at radius 3 is 2.67 bits per heavy atom. The van der Waals surface area contributed by atoms with Gasteiger partial charge in [-0.3, -0.25) is 9.59 Å². The van der Waals surface area contributed by atoms with E-state index in [0.717, 1.165) is 10.2 Å². The van der Waals surface area contributed by atoms with Crippen LogP contribution in [-0.4, -0.2) is 35.6 Å². The summed E-state index contributed by atoms with van der Waals surface area (Å²) in [6.07, 6.45) is -1.37. The largest absolute Gasteiger partial charge is 0.494 e. The van der Waals surface area contributed by atoms with E-state index in [2.05, 4.69) is 15.6 Å². The third-order valence-electron chi connectivity index (χ3n) is 3.78. The fourth-order valence-corrected chi connectivity index (χ4v) is 3.32. The molecule has 0 aliphatic carbocycles. The highest BCUT2D eigenvalue weighted by molar-refractivity contribution is 7.22. The van der Waals surface area contributed by atoms with Crippen LogP contribution in [0.3, 0.4) is 0 Å². The van der Waals surface area contributed by atoms with Crippen molar-refractivity contribution in [1.82, 2.24) is 4.98 Å². The first-order chi connectivity index (χ1) is 13.0. The number of thiazole rings is 1. The minimum atomic E-state index is -1.37. The molecule has 27 heavy (non-hydrogen) atoms. The molecule has 5 N–H and O–H groups in total. The lowest BCUT2D eigenvalue weighted by molar-refractivity contribution is -0.126. The SMILES string of the molecule is COc1cccc2sc(NCC(=O)Nc3ccc(C(O)C(N)=O)cc3)nc12. The predicted octanol–water partition coefficient (Wildman–Crippen LogP) is 1.87. The quantitative estimate of drug-likeness (QED) is 0.491. The fraction of sp³-hybridized carbons (Fsp3) is 0.167. The molecule has 0 spiro atoms. The molecule has 1 aromatic heterocycles. The number of hydrogen-bond donors (Lipinski definition) is 4. The molecule has 1 unspecified atom stereocenters. The number of aliphatic hydroxyl groups excluding tert-OH is 1. The number of para-hydroxylation sites is 1. The summed E-state index contributed by atoms with van der Waals surface area (Å²) in [5, 5.41) is 15.9. The fourth-order valence-electron chi connectivity index (χ4n) is 2.44. The molecule has 0 fully saturated rings. The Morgan fingerprint density at radius 1 is 1.26 bits per heavy atom. The normalized spacial score (nSPS) is 11.8. The lowest BCUT2D eigenvalue weighted by Gasteiger charge is -2.09. The van der Waals surface area contributed by atoms with Gasteiger partial charge in [-0.25, -0.2) is 4.98 Å². The molecule has 140 valence electrons. The summed E-state index contributed by atoms with van der Waals surface area (Å²) in [6.45, 7) is 0.0355. The van der Waals surface area contributed by atoms with Gasteiger partial charge in [0.2, 0.25) is 5.91 Å². The second-order valence-corrected chi connectivity index (χ2v) is 6.69. The Labute approximate surface area is 159 Å². The molecule has 2 amide bonds. The zero-order valence-corrected chi connectivity index (χ0v) is 15.2. The monoisotopic (exact) mass is 386 g/mol. The van der Waals surface area contributed by atoms with E-state index in [1.807, 2.05) is 18.2 Å². The van der Waals surface area contributed by atoms with Crippen LogP contribution in [0, 0.1) is 0 Å². The second-order valence-electron chi connectivity index (χ2n) is 5.65. The molecule has 3 aromatic rings. The van der Waals surface area contributed by atoms with Gasteiger partial charge in [0.25, 0.3) is 5.91 Å². The van der Waals surface area contributed by atoms with Crippen LogP contribution in [0.4, 0.5) is 10.8 Å². The van der Waals surface area contributed by atoms with Crippen LogP contribution in [0.5, 0.6) is 5.75 Å². The Kier molecular flexibility index (Phi) is 5.53. The lowest BCUT2D eigenvalue weighted by atomic mass is 10.1. The van der Waals surface area contributed by atoms with Gasteiger partial charge in [-0.15, -0.1) is 0 Å². The van der Waals surface area contributed by atoms with E-state index >= 15 is 0 Å². The number of primary amides is 1. The number of hydrogen-bond acceptors (Lipinski definition) is 7. The van der Waals surface area contributed by atoms with Gasteiger partial charge < -0.3 is 26.2 Å². The van der Waals surface area contributed by atoms with Crippen molar-refractivity contribution in [3.8, 4) is 5.75 Å². The average molecular weight is 386 g/mol. The molecule has 0 aliphatic rings. The summed E-state index contributed by atoms with van der Waals surface area (Å²) in [6, 6.07) is 11.9. The van der Waals surface area contributed by atoms with E-state index in [9.17, 15) is 14.7 Å². The van der Waals surface area contributed by atoms with E-state index in [1.165, 1.54) is 23.5 Å². The minimum absolute atomic E-state index is 0.0355. The van der Waals surface area contributed by atoms with Crippen LogP contribution in [0.15, 0.2) is 42.5 Å². The third-order valence-corrected chi connectivity index (χ3v) is 4.76. The van der Waals surface area contributed by atoms with E-state index in [0.29, 0.717) is 22.1 Å². The number of benzene rings is 2. The molecule has 8 nitrogen and oxygen atoms in total. The van der Waals surface area contributed by atoms with E-state index in [1.54, 1.807) is 19.2 Å². The highest BCUT2D eigenvalue weighted by Gasteiger charge is 2.14. The van der Waals surface area contributed by atoms with Crippen molar-refractivity contribution in [2.45, 2.75) is 6.10 Å². The van der Waals surface area contributed by atoms with Gasteiger partial charge in [0.15, 0.2) is 11.2 Å². The third kappa shape index (κ3) is 4.33. The summed E-state index contributed by atoms with van der Waals surface area (Å²) >= 11 is 1.43. The van der Waals surface area contributed by atoms with Gasteiger partial charge in [-0.05, 0) is 29.8 Å². The number of nitrogens with two attached hydrogens (primary N) is 1. The number of carbonyl (C=O) groups is 2. The number of methoxy groups -OCH3 is 1. The number of carbonyl (C=O) groups excluding carboxylic acids is 2. The number of fused-ring (bicyclic) bond motifs is 1. The highest BCUT2D eigenvalue weighted by atomic mass is 32.1. The van der Waals surface area contributed by atoms with Crippen LogP contribution >= 0.6 is 11.3 Å². The van der Waals surface area contributed by atoms with E-state index < -0.39 is 12.0 Å². The number of amides is 2. The number of rotatable bonds is 7. The molecule has 0 saturated heterocycles. The molecule has 2 aromatic carbocycles. The maximum Gasteiger partial charge on any atom is 0.250 e. The van der Waals surface area contributed by atoms with Gasteiger partial charge in [-0.1, -0.05) is 29.5 Å². The summed E-state index contributed by atoms with van der Waals surface area (Å²) in [7, 11) is 1.59. The predicted molar refractivity (Wildman–Crippen MR) is 104 cm³/mol. The van der Waals surface area contributed by atoms with Crippen molar-refractivity contribution in [3.05, 3.63) is 48.0 Å². The number of anilines is 2. The lowest BCUT2D eigenvalue weighted by Crippen LogP contribution is -2.22. The van der Waals surface area contributed by atoms with Crippen molar-refractivity contribution < 1.29 is 19.4 Å². The molecule has 1 heterocycles. The molecule has 3 rings (SSSR count). The molecule has 0 aliphatic heterocycles. The Hall–Kier alpha value is -3.17. The summed E-state index contributed by atoms with van der Waals surface area (Å²) in [5.41, 5.74) is 6.69. The molecular formula is C18H18N4O4S. The van der Waals surface area contributed by atoms with Gasteiger partial charge in [0.1, 0.15) is 11.3 Å². The smallest absolute Gasteiger partial charge is 0.250 e. The average Bonchev–Trinajstić information content (AvgIpc) is 3.09. The van der Waals surface area contributed by atoms with Crippen molar-refractivity contribution in [3.63, 3.8) is 0 Å².